The number of hydrogen-bond acceptors (Lipinski definition) is 3. The van der Waals surface area contributed by atoms with Gasteiger partial charge in [0, 0.05) is 0 Å². The van der Waals surface area contributed by atoms with Gasteiger partial charge in [-0.2, -0.15) is 4.68 Å². The standard InChI is InChI=1S/C10H8Cl2FN3O/c1-5(17)9-10(12)16(15-14-9)7-4-2-3-6(11)8(7)13/h2-5,17H,1H3. The monoisotopic (exact) mass is 275 g/mol. The number of aliphatic hydroxyl groups excluding tert-OH is 1. The van der Waals surface area contributed by atoms with Gasteiger partial charge in [-0.3, -0.25) is 0 Å². The van der Waals surface area contributed by atoms with Gasteiger partial charge in [-0.25, -0.2) is 4.39 Å². The normalized spacial score (nSPS) is 12.8. The SMILES string of the molecule is CC(O)c1nnn(-c2cccc(Cl)c2F)c1Cl. The van der Waals surface area contributed by atoms with Crippen LogP contribution >= 0.6 is 23.2 Å². The van der Waals surface area contributed by atoms with E-state index in [1.165, 1.54) is 19.1 Å². The number of hydrogen-bond donors (Lipinski definition) is 1. The molecule has 0 bridgehead atoms. The summed E-state index contributed by atoms with van der Waals surface area (Å²) < 4.78 is 14.8. The summed E-state index contributed by atoms with van der Waals surface area (Å²) in [5.74, 6) is -0.641. The van der Waals surface area contributed by atoms with Gasteiger partial charge in [0.05, 0.1) is 11.1 Å². The van der Waals surface area contributed by atoms with Gasteiger partial charge >= 0.3 is 0 Å². The predicted molar refractivity (Wildman–Crippen MR) is 62.0 cm³/mol. The molecular formula is C10H8Cl2FN3O. The molecule has 0 saturated carbocycles. The molecule has 0 saturated heterocycles. The summed E-state index contributed by atoms with van der Waals surface area (Å²) in [5, 5.41) is 16.8. The topological polar surface area (TPSA) is 50.9 Å². The van der Waals surface area contributed by atoms with Crippen LogP contribution < -0.4 is 0 Å². The van der Waals surface area contributed by atoms with Gasteiger partial charge in [-0.1, -0.05) is 34.5 Å². The molecule has 17 heavy (non-hydrogen) atoms. The molecule has 4 nitrogen and oxygen atoms in total. The van der Waals surface area contributed by atoms with Crippen molar-refractivity contribution in [3.8, 4) is 5.69 Å². The molecule has 2 rings (SSSR count). The minimum atomic E-state index is -0.876. The maximum atomic E-state index is 13.7. The number of aliphatic hydroxyl groups is 1. The fourth-order valence-corrected chi connectivity index (χ4v) is 1.84. The van der Waals surface area contributed by atoms with E-state index < -0.39 is 11.9 Å². The molecule has 0 amide bonds. The Morgan fingerprint density at radius 2 is 2.12 bits per heavy atom. The highest BCUT2D eigenvalue weighted by atomic mass is 35.5. The zero-order valence-electron chi connectivity index (χ0n) is 8.73. The van der Waals surface area contributed by atoms with Crippen molar-refractivity contribution < 1.29 is 9.50 Å². The number of aromatic nitrogens is 3. The first-order chi connectivity index (χ1) is 8.02. The molecule has 0 fully saturated rings. The molecule has 1 heterocycles. The van der Waals surface area contributed by atoms with Crippen LogP contribution in [-0.2, 0) is 0 Å². The van der Waals surface area contributed by atoms with Crippen LogP contribution in [0.1, 0.15) is 18.7 Å². The van der Waals surface area contributed by atoms with Gasteiger partial charge in [0.1, 0.15) is 11.4 Å². The molecule has 0 aliphatic rings. The summed E-state index contributed by atoms with van der Waals surface area (Å²) in [6.07, 6.45) is -0.876. The van der Waals surface area contributed by atoms with Crippen LogP contribution in [0.5, 0.6) is 0 Å². The average Bonchev–Trinajstić information content (AvgIpc) is 2.64. The Kier molecular flexibility index (Phi) is 3.33. The van der Waals surface area contributed by atoms with E-state index in [1.807, 2.05) is 0 Å². The van der Waals surface area contributed by atoms with Gasteiger partial charge in [0.15, 0.2) is 11.0 Å². The third kappa shape index (κ3) is 2.13. The van der Waals surface area contributed by atoms with Crippen LogP contribution in [0.4, 0.5) is 4.39 Å². The second kappa shape index (κ2) is 4.60. The Morgan fingerprint density at radius 3 is 2.71 bits per heavy atom. The molecule has 1 atom stereocenters. The first-order valence-electron chi connectivity index (χ1n) is 4.76. The van der Waals surface area contributed by atoms with Crippen LogP contribution in [0.25, 0.3) is 5.69 Å². The molecule has 90 valence electrons. The zero-order chi connectivity index (χ0) is 12.6. The molecule has 1 N–H and O–H groups in total. The molecule has 2 aromatic rings. The molecule has 1 unspecified atom stereocenters. The highest BCUT2D eigenvalue weighted by Gasteiger charge is 2.18. The van der Waals surface area contributed by atoms with Crippen LogP contribution in [0.15, 0.2) is 18.2 Å². The lowest BCUT2D eigenvalue weighted by Gasteiger charge is -2.05. The first-order valence-corrected chi connectivity index (χ1v) is 5.51. The van der Waals surface area contributed by atoms with E-state index in [0.717, 1.165) is 4.68 Å². The van der Waals surface area contributed by atoms with Gasteiger partial charge < -0.3 is 5.11 Å². The Morgan fingerprint density at radius 1 is 1.41 bits per heavy atom. The van der Waals surface area contributed by atoms with Crippen molar-refractivity contribution in [2.45, 2.75) is 13.0 Å². The number of benzene rings is 1. The number of rotatable bonds is 2. The summed E-state index contributed by atoms with van der Waals surface area (Å²) in [6, 6.07) is 4.45. The predicted octanol–water partition coefficient (Wildman–Crippen LogP) is 2.77. The average molecular weight is 276 g/mol. The van der Waals surface area contributed by atoms with E-state index >= 15 is 0 Å². The Hall–Kier alpha value is -1.17. The second-order valence-corrected chi connectivity index (χ2v) is 4.19. The lowest BCUT2D eigenvalue weighted by Crippen LogP contribution is -2.01. The van der Waals surface area contributed by atoms with Crippen molar-refractivity contribution >= 4 is 23.2 Å². The fourth-order valence-electron chi connectivity index (χ4n) is 1.35. The zero-order valence-corrected chi connectivity index (χ0v) is 10.2. The molecule has 1 aromatic carbocycles. The summed E-state index contributed by atoms with van der Waals surface area (Å²) in [5.41, 5.74) is 0.271. The van der Waals surface area contributed by atoms with Gasteiger partial charge in [-0.15, -0.1) is 5.10 Å². The molecule has 0 spiro atoms. The van der Waals surface area contributed by atoms with Gasteiger partial charge in [-0.05, 0) is 19.1 Å². The largest absolute Gasteiger partial charge is 0.387 e. The summed E-state index contributed by atoms with van der Waals surface area (Å²) >= 11 is 11.6. The van der Waals surface area contributed by atoms with Gasteiger partial charge in [0.25, 0.3) is 0 Å². The van der Waals surface area contributed by atoms with Crippen LogP contribution in [0, 0.1) is 5.82 Å². The highest BCUT2D eigenvalue weighted by Crippen LogP contribution is 2.26. The number of nitrogens with zero attached hydrogens (tertiary/aromatic N) is 3. The third-order valence-corrected chi connectivity index (χ3v) is 2.84. The van der Waals surface area contributed by atoms with E-state index in [4.69, 9.17) is 23.2 Å². The van der Waals surface area contributed by atoms with E-state index in [1.54, 1.807) is 6.07 Å². The van der Waals surface area contributed by atoms with Crippen molar-refractivity contribution in [2.75, 3.05) is 0 Å². The molecular weight excluding hydrogens is 268 g/mol. The van der Waals surface area contributed by atoms with Crippen molar-refractivity contribution in [2.24, 2.45) is 0 Å². The van der Waals surface area contributed by atoms with Crippen molar-refractivity contribution in [3.05, 3.63) is 39.9 Å². The van der Waals surface area contributed by atoms with Crippen molar-refractivity contribution in [1.29, 1.82) is 0 Å². The summed E-state index contributed by atoms with van der Waals surface area (Å²) in [6.45, 7) is 1.49. The molecule has 0 aliphatic heterocycles. The van der Waals surface area contributed by atoms with E-state index in [2.05, 4.69) is 10.3 Å². The van der Waals surface area contributed by atoms with Crippen LogP contribution in [-0.4, -0.2) is 20.1 Å². The lowest BCUT2D eigenvalue weighted by molar-refractivity contribution is 0.194. The molecule has 7 heteroatoms. The third-order valence-electron chi connectivity index (χ3n) is 2.19. The second-order valence-electron chi connectivity index (χ2n) is 3.43. The Balaban J connectivity index is 2.58. The fraction of sp³-hybridized carbons (Fsp3) is 0.200. The highest BCUT2D eigenvalue weighted by molar-refractivity contribution is 6.31. The lowest BCUT2D eigenvalue weighted by atomic mass is 10.3. The smallest absolute Gasteiger partial charge is 0.167 e. The minimum Gasteiger partial charge on any atom is -0.387 e. The van der Waals surface area contributed by atoms with Crippen molar-refractivity contribution in [1.82, 2.24) is 15.0 Å². The molecule has 0 aliphatic carbocycles. The van der Waals surface area contributed by atoms with E-state index in [0.29, 0.717) is 0 Å². The van der Waals surface area contributed by atoms with Gasteiger partial charge in [0.2, 0.25) is 0 Å². The quantitative estimate of drug-likeness (QED) is 0.917. The first kappa shape index (κ1) is 12.3. The van der Waals surface area contributed by atoms with Crippen molar-refractivity contribution in [3.63, 3.8) is 0 Å². The van der Waals surface area contributed by atoms with E-state index in [9.17, 15) is 9.50 Å². The summed E-state index contributed by atoms with van der Waals surface area (Å²) in [4.78, 5) is 0. The molecule has 1 aromatic heterocycles. The van der Waals surface area contributed by atoms with Crippen LogP contribution in [0.3, 0.4) is 0 Å². The van der Waals surface area contributed by atoms with Crippen LogP contribution in [0.2, 0.25) is 10.2 Å². The number of halogens is 3. The maximum Gasteiger partial charge on any atom is 0.167 e. The van der Waals surface area contributed by atoms with E-state index in [-0.39, 0.29) is 21.6 Å². The molecule has 0 radical (unpaired) electrons. The Labute approximate surface area is 107 Å². The maximum absolute atomic E-state index is 13.7. The summed E-state index contributed by atoms with van der Waals surface area (Å²) in [7, 11) is 0. The Bertz CT molecular complexity index is 556. The minimum absolute atomic E-state index is 0.0346.